The average Bonchev–Trinajstić information content (AvgIpc) is 3.53. The van der Waals surface area contributed by atoms with Gasteiger partial charge in [-0.2, -0.15) is 0 Å². The number of benzene rings is 6. The van der Waals surface area contributed by atoms with Crippen molar-refractivity contribution in [1.82, 2.24) is 9.97 Å². The van der Waals surface area contributed by atoms with E-state index in [1.165, 1.54) is 0 Å². The van der Waals surface area contributed by atoms with Gasteiger partial charge in [-0.05, 0) is 58.7 Å². The maximum absolute atomic E-state index is 7.56. The summed E-state index contributed by atoms with van der Waals surface area (Å²) in [4.78, 5) is 14.0. The Labute approximate surface area is 271 Å². The number of fused-ring (bicyclic) bond motifs is 6. The maximum Gasteiger partial charge on any atom is 0.194 e. The van der Waals surface area contributed by atoms with Crippen LogP contribution in [0.1, 0.15) is 0 Å². The van der Waals surface area contributed by atoms with Crippen LogP contribution in [-0.4, -0.2) is 9.97 Å². The van der Waals surface area contributed by atoms with Crippen LogP contribution in [0.4, 0.5) is 5.69 Å². The van der Waals surface area contributed by atoms with Crippen LogP contribution in [-0.2, 0) is 0 Å². The molecule has 218 valence electrons. The molecule has 0 radical (unpaired) electrons. The molecule has 0 unspecified atom stereocenters. The smallest absolute Gasteiger partial charge is 0.194 e. The van der Waals surface area contributed by atoms with Gasteiger partial charge >= 0.3 is 0 Å². The van der Waals surface area contributed by atoms with Gasteiger partial charge < -0.3 is 4.42 Å². The Morgan fingerprint density at radius 3 is 1.79 bits per heavy atom. The molecule has 6 aromatic carbocycles. The lowest BCUT2D eigenvalue weighted by molar-refractivity contribution is 0.669. The number of hydrogen-bond donors (Lipinski definition) is 0. The fourth-order valence-corrected chi connectivity index (χ4v) is 6.57. The molecule has 0 aliphatic heterocycles. The monoisotopic (exact) mass is 599 g/mol. The lowest BCUT2D eigenvalue weighted by Gasteiger charge is -2.09. The summed E-state index contributed by atoms with van der Waals surface area (Å²) in [5, 5.41) is 4.23. The summed E-state index contributed by atoms with van der Waals surface area (Å²) in [5.41, 5.74) is 12.2. The Morgan fingerprint density at radius 1 is 0.468 bits per heavy atom. The third kappa shape index (κ3) is 4.53. The quantitative estimate of drug-likeness (QED) is 0.149. The molecule has 4 nitrogen and oxygen atoms in total. The fourth-order valence-electron chi connectivity index (χ4n) is 6.57. The van der Waals surface area contributed by atoms with E-state index in [1.54, 1.807) is 0 Å². The van der Waals surface area contributed by atoms with Crippen molar-refractivity contribution in [2.45, 2.75) is 0 Å². The van der Waals surface area contributed by atoms with E-state index >= 15 is 0 Å². The van der Waals surface area contributed by atoms with Crippen LogP contribution in [0.2, 0.25) is 0 Å². The molecule has 0 fully saturated rings. The van der Waals surface area contributed by atoms with Crippen LogP contribution in [0.3, 0.4) is 0 Å². The highest BCUT2D eigenvalue weighted by molar-refractivity contribution is 6.13. The number of pyridine rings is 2. The molecule has 9 aromatic rings. The van der Waals surface area contributed by atoms with Gasteiger partial charge in [-0.3, -0.25) is 0 Å². The number of nitrogens with zero attached hydrogens (tertiary/aromatic N) is 3. The molecule has 4 heteroatoms. The minimum Gasteiger partial charge on any atom is -0.456 e. The Balaban J connectivity index is 1.17. The highest BCUT2D eigenvalue weighted by Gasteiger charge is 2.15. The largest absolute Gasteiger partial charge is 0.456 e. The number of hydrogen-bond acceptors (Lipinski definition) is 3. The summed E-state index contributed by atoms with van der Waals surface area (Å²) < 4.78 is 6.35. The second-order valence-electron chi connectivity index (χ2n) is 11.7. The number of rotatable bonds is 4. The van der Waals surface area contributed by atoms with Gasteiger partial charge in [0.2, 0.25) is 0 Å². The van der Waals surface area contributed by atoms with Crippen molar-refractivity contribution in [2.24, 2.45) is 0 Å². The number of furan rings is 1. The normalized spacial score (nSPS) is 11.4. The summed E-state index contributed by atoms with van der Waals surface area (Å²) >= 11 is 0. The molecule has 3 aromatic heterocycles. The third-order valence-corrected chi connectivity index (χ3v) is 8.91. The summed E-state index contributed by atoms with van der Waals surface area (Å²) in [6.45, 7) is 7.56. The van der Waals surface area contributed by atoms with E-state index in [9.17, 15) is 0 Å². The van der Waals surface area contributed by atoms with Crippen LogP contribution >= 0.6 is 0 Å². The summed E-state index contributed by atoms with van der Waals surface area (Å²) in [6.07, 6.45) is 0. The molecule has 47 heavy (non-hydrogen) atoms. The summed E-state index contributed by atoms with van der Waals surface area (Å²) in [7, 11) is 0. The first-order valence-corrected chi connectivity index (χ1v) is 15.5. The van der Waals surface area contributed by atoms with Crippen molar-refractivity contribution >= 4 is 49.4 Å². The Kier molecular flexibility index (Phi) is 6.16. The molecule has 0 aliphatic rings. The van der Waals surface area contributed by atoms with Crippen LogP contribution in [0.5, 0.6) is 0 Å². The van der Waals surface area contributed by atoms with E-state index in [-0.39, 0.29) is 0 Å². The molecule has 0 saturated heterocycles. The minimum atomic E-state index is 0.651. The molecule has 0 N–H and O–H groups in total. The molecular weight excluding hydrogens is 574 g/mol. The average molecular weight is 600 g/mol. The van der Waals surface area contributed by atoms with Gasteiger partial charge in [0.05, 0.1) is 29.0 Å². The molecule has 0 atom stereocenters. The van der Waals surface area contributed by atoms with Crippen molar-refractivity contribution in [3.05, 3.63) is 163 Å². The first kappa shape index (κ1) is 26.8. The van der Waals surface area contributed by atoms with Gasteiger partial charge in [0.1, 0.15) is 11.2 Å². The zero-order valence-corrected chi connectivity index (χ0v) is 25.2. The Bertz CT molecular complexity index is 2680. The first-order chi connectivity index (χ1) is 23.2. The summed E-state index contributed by atoms with van der Waals surface area (Å²) in [5.74, 6) is 0. The molecule has 9 rings (SSSR count). The van der Waals surface area contributed by atoms with Crippen molar-refractivity contribution in [3.8, 4) is 44.8 Å². The zero-order chi connectivity index (χ0) is 31.3. The van der Waals surface area contributed by atoms with Gasteiger partial charge in [0, 0.05) is 32.7 Å². The van der Waals surface area contributed by atoms with E-state index < -0.39 is 0 Å². The molecule has 3 heterocycles. The van der Waals surface area contributed by atoms with Crippen molar-refractivity contribution in [3.63, 3.8) is 0 Å². The van der Waals surface area contributed by atoms with Gasteiger partial charge in [-0.25, -0.2) is 14.8 Å². The van der Waals surface area contributed by atoms with E-state index in [2.05, 4.69) is 95.8 Å². The van der Waals surface area contributed by atoms with Crippen LogP contribution < -0.4 is 0 Å². The highest BCUT2D eigenvalue weighted by atomic mass is 16.3. The molecule has 0 amide bonds. The SMILES string of the molecule is [C-]#[N+]c1ccccc1-c1ccc(-c2cccc3oc4ccc(-c5ccc6ccc7ccc(-c8ccccc8)nc7c6n5)cc4c23)cc1. The zero-order valence-electron chi connectivity index (χ0n) is 25.2. The second kappa shape index (κ2) is 10.8. The van der Waals surface area contributed by atoms with E-state index in [0.29, 0.717) is 5.69 Å². The standard InChI is InChI=1S/C43H25N3O/c1-44-38-12-6-5-10-33(38)27-14-16-28(17-15-27)34-11-7-13-40-41(34)35-26-32(22-25-39(35)47-40)37-24-21-31-19-18-30-20-23-36(29-8-3-2-4-9-29)45-42(30)43(31)46-37/h2-26H. The second-order valence-corrected chi connectivity index (χ2v) is 11.7. The van der Waals surface area contributed by atoms with Crippen LogP contribution in [0, 0.1) is 6.57 Å². The first-order valence-electron chi connectivity index (χ1n) is 15.5. The fraction of sp³-hybridized carbons (Fsp3) is 0. The number of para-hydroxylation sites is 1. The van der Waals surface area contributed by atoms with Crippen LogP contribution in [0.15, 0.2) is 156 Å². The lowest BCUT2D eigenvalue weighted by atomic mass is 9.96. The number of aromatic nitrogens is 2. The predicted octanol–water partition coefficient (Wildman–Crippen LogP) is 11.9. The molecule has 0 bridgehead atoms. The van der Waals surface area contributed by atoms with E-state index in [1.807, 2.05) is 60.7 Å². The molecule has 0 spiro atoms. The van der Waals surface area contributed by atoms with Gasteiger partial charge in [-0.1, -0.05) is 115 Å². The third-order valence-electron chi connectivity index (χ3n) is 8.91. The molecule has 0 aliphatic carbocycles. The van der Waals surface area contributed by atoms with Crippen molar-refractivity contribution in [1.29, 1.82) is 0 Å². The summed E-state index contributed by atoms with van der Waals surface area (Å²) in [6, 6.07) is 51.6. The minimum absolute atomic E-state index is 0.651. The Morgan fingerprint density at radius 2 is 1.06 bits per heavy atom. The lowest BCUT2D eigenvalue weighted by Crippen LogP contribution is -1.91. The van der Waals surface area contributed by atoms with Crippen molar-refractivity contribution in [2.75, 3.05) is 0 Å². The Hall–Kier alpha value is -6.57. The van der Waals surface area contributed by atoms with E-state index in [0.717, 1.165) is 88.5 Å². The van der Waals surface area contributed by atoms with Gasteiger partial charge in [0.15, 0.2) is 5.69 Å². The predicted molar refractivity (Wildman–Crippen MR) is 192 cm³/mol. The highest BCUT2D eigenvalue weighted by Crippen LogP contribution is 2.40. The van der Waals surface area contributed by atoms with Gasteiger partial charge in [0.25, 0.3) is 0 Å². The maximum atomic E-state index is 7.56. The topological polar surface area (TPSA) is 43.3 Å². The van der Waals surface area contributed by atoms with Crippen molar-refractivity contribution < 1.29 is 4.42 Å². The van der Waals surface area contributed by atoms with Gasteiger partial charge in [-0.15, -0.1) is 0 Å². The van der Waals surface area contributed by atoms with E-state index in [4.69, 9.17) is 21.0 Å². The molecular formula is C43H25N3O. The molecule has 0 saturated carbocycles. The van der Waals surface area contributed by atoms with Crippen LogP contribution in [0.25, 0.3) is 93.4 Å².